The lowest BCUT2D eigenvalue weighted by molar-refractivity contribution is 0.171. The summed E-state index contributed by atoms with van der Waals surface area (Å²) in [5.41, 5.74) is 3.48. The van der Waals surface area contributed by atoms with E-state index in [1.54, 1.807) is 6.07 Å². The highest BCUT2D eigenvalue weighted by Crippen LogP contribution is 2.35. The smallest absolute Gasteiger partial charge is 0.179 e. The molecule has 5 rings (SSSR count). The van der Waals surface area contributed by atoms with Crippen molar-refractivity contribution in [3.05, 3.63) is 45.7 Å². The maximum atomic E-state index is 6.50. The molecule has 0 bridgehead atoms. The van der Waals surface area contributed by atoms with Gasteiger partial charge in [-0.2, -0.15) is 5.10 Å². The van der Waals surface area contributed by atoms with E-state index in [2.05, 4.69) is 24.1 Å². The van der Waals surface area contributed by atoms with Crippen molar-refractivity contribution in [3.63, 3.8) is 0 Å². The number of aryl methyl sites for hydroxylation is 1. The van der Waals surface area contributed by atoms with Gasteiger partial charge in [0, 0.05) is 23.1 Å². The molecule has 9 heteroatoms. The molecular weight excluding hydrogens is 491 g/mol. The first kappa shape index (κ1) is 25.5. The van der Waals surface area contributed by atoms with Crippen molar-refractivity contribution in [1.82, 2.24) is 25.1 Å². The molecule has 0 aliphatic carbocycles. The highest BCUT2D eigenvalue weighted by atomic mass is 35.5. The Balaban J connectivity index is 0.00000274. The Morgan fingerprint density at radius 1 is 1.21 bits per heavy atom. The summed E-state index contributed by atoms with van der Waals surface area (Å²) in [7, 11) is 0. The molecule has 1 N–H and O–H groups in total. The van der Waals surface area contributed by atoms with Crippen molar-refractivity contribution >= 4 is 52.6 Å². The summed E-state index contributed by atoms with van der Waals surface area (Å²) in [5, 5.41) is 9.63. The summed E-state index contributed by atoms with van der Waals surface area (Å²) in [4.78, 5) is 12.2. The molecule has 34 heavy (non-hydrogen) atoms. The zero-order chi connectivity index (χ0) is 23.1. The predicted octanol–water partition coefficient (Wildman–Crippen LogP) is 5.93. The second-order valence-corrected chi connectivity index (χ2v) is 10.6. The van der Waals surface area contributed by atoms with Gasteiger partial charge in [-0.15, -0.1) is 12.4 Å². The van der Waals surface area contributed by atoms with Crippen LogP contribution in [0, 0.1) is 24.7 Å². The van der Waals surface area contributed by atoms with E-state index >= 15 is 0 Å². The molecule has 6 nitrogen and oxygen atoms in total. The molecule has 2 aromatic heterocycles. The molecule has 2 aliphatic heterocycles. The van der Waals surface area contributed by atoms with Crippen LogP contribution in [0.1, 0.15) is 50.4 Å². The van der Waals surface area contributed by atoms with Crippen LogP contribution in [-0.4, -0.2) is 45.9 Å². The van der Waals surface area contributed by atoms with Gasteiger partial charge in [0.1, 0.15) is 11.3 Å². The average molecular weight is 524 g/mol. The van der Waals surface area contributed by atoms with Gasteiger partial charge in [-0.1, -0.05) is 36.2 Å². The Labute approximate surface area is 217 Å². The first-order valence-electron chi connectivity index (χ1n) is 12.0. The molecular formula is C25H33Cl3N6. The molecule has 0 amide bonds. The van der Waals surface area contributed by atoms with Crippen molar-refractivity contribution in [2.24, 2.45) is 17.8 Å². The highest BCUT2D eigenvalue weighted by Gasteiger charge is 2.33. The van der Waals surface area contributed by atoms with Crippen molar-refractivity contribution in [1.29, 1.82) is 0 Å². The Bertz CT molecular complexity index is 1140. The van der Waals surface area contributed by atoms with Crippen molar-refractivity contribution in [2.75, 3.05) is 31.1 Å². The Hall–Kier alpha value is -1.60. The molecule has 184 valence electrons. The van der Waals surface area contributed by atoms with Gasteiger partial charge in [0.15, 0.2) is 5.65 Å². The standard InChI is InChI=1S/C25H32Cl2N6.ClH/c1-15-14-32(10-8-20(15)18-5-4-9-28-12-18)23-13-29-24-16(2)31-33(25(24)30-23)17(3)21-7-6-19(26)11-22(21)27;/h6-7,11,13,15,17-18,20,28H,4-5,8-10,12,14H2,1-3H3;1H. The van der Waals surface area contributed by atoms with Gasteiger partial charge < -0.3 is 10.2 Å². The van der Waals surface area contributed by atoms with E-state index < -0.39 is 0 Å². The number of anilines is 1. The molecule has 0 spiro atoms. The van der Waals surface area contributed by atoms with Crippen LogP contribution in [0.2, 0.25) is 10.0 Å². The van der Waals surface area contributed by atoms with Crippen LogP contribution in [0.3, 0.4) is 0 Å². The highest BCUT2D eigenvalue weighted by molar-refractivity contribution is 6.35. The van der Waals surface area contributed by atoms with Crippen molar-refractivity contribution in [3.8, 4) is 0 Å². The lowest BCUT2D eigenvalue weighted by Gasteiger charge is -2.42. The number of aromatic nitrogens is 4. The minimum absolute atomic E-state index is 0. The van der Waals surface area contributed by atoms with Gasteiger partial charge in [-0.05, 0) is 81.6 Å². The van der Waals surface area contributed by atoms with Gasteiger partial charge >= 0.3 is 0 Å². The molecule has 0 saturated carbocycles. The van der Waals surface area contributed by atoms with E-state index in [-0.39, 0.29) is 18.4 Å². The first-order valence-corrected chi connectivity index (χ1v) is 12.8. The monoisotopic (exact) mass is 522 g/mol. The van der Waals surface area contributed by atoms with Crippen LogP contribution >= 0.6 is 35.6 Å². The van der Waals surface area contributed by atoms with Crippen LogP contribution in [0.5, 0.6) is 0 Å². The summed E-state index contributed by atoms with van der Waals surface area (Å²) in [6.45, 7) is 10.9. The van der Waals surface area contributed by atoms with Crippen LogP contribution < -0.4 is 10.2 Å². The van der Waals surface area contributed by atoms with Crippen LogP contribution in [0.25, 0.3) is 11.2 Å². The molecule has 4 atom stereocenters. The van der Waals surface area contributed by atoms with E-state index in [4.69, 9.17) is 38.3 Å². The summed E-state index contributed by atoms with van der Waals surface area (Å²) >= 11 is 12.6. The SMILES string of the molecule is Cc1nn(C(C)c2ccc(Cl)cc2Cl)c2nc(N3CCC(C4CCCNC4)C(C)C3)cnc12.Cl. The van der Waals surface area contributed by atoms with Gasteiger partial charge in [-0.25, -0.2) is 14.6 Å². The maximum Gasteiger partial charge on any atom is 0.179 e. The van der Waals surface area contributed by atoms with Crippen LogP contribution in [0.15, 0.2) is 24.4 Å². The molecule has 2 fully saturated rings. The number of benzene rings is 1. The molecule has 0 radical (unpaired) electrons. The third kappa shape index (κ3) is 4.88. The Kier molecular flexibility index (Phi) is 7.92. The number of rotatable bonds is 4. The molecule has 1 aromatic carbocycles. The molecule has 2 aliphatic rings. The first-order chi connectivity index (χ1) is 15.9. The summed E-state index contributed by atoms with van der Waals surface area (Å²) in [6.07, 6.45) is 5.79. The van der Waals surface area contributed by atoms with Gasteiger partial charge in [-0.3, -0.25) is 0 Å². The van der Waals surface area contributed by atoms with Gasteiger partial charge in [0.25, 0.3) is 0 Å². The van der Waals surface area contributed by atoms with Gasteiger partial charge in [0.2, 0.25) is 0 Å². The number of fused-ring (bicyclic) bond motifs is 1. The van der Waals surface area contributed by atoms with Crippen LogP contribution in [-0.2, 0) is 0 Å². The van der Waals surface area contributed by atoms with E-state index in [1.165, 1.54) is 32.4 Å². The zero-order valence-electron chi connectivity index (χ0n) is 20.0. The minimum Gasteiger partial charge on any atom is -0.355 e. The fourth-order valence-electron chi connectivity index (χ4n) is 5.75. The molecule has 2 saturated heterocycles. The minimum atomic E-state index is -0.0843. The van der Waals surface area contributed by atoms with Crippen molar-refractivity contribution < 1.29 is 0 Å². The summed E-state index contributed by atoms with van der Waals surface area (Å²) < 4.78 is 1.94. The van der Waals surface area contributed by atoms with E-state index in [0.29, 0.717) is 16.0 Å². The van der Waals surface area contributed by atoms with E-state index in [1.807, 2.05) is 29.9 Å². The lowest BCUT2D eigenvalue weighted by Crippen LogP contribution is -2.45. The summed E-state index contributed by atoms with van der Waals surface area (Å²) in [5.74, 6) is 3.16. The topological polar surface area (TPSA) is 58.9 Å². The molecule has 3 aromatic rings. The fraction of sp³-hybridized carbons (Fsp3) is 0.560. The number of hydrogen-bond donors (Lipinski definition) is 1. The number of piperidine rings is 2. The third-order valence-electron chi connectivity index (χ3n) is 7.57. The number of nitrogens with one attached hydrogen (secondary N) is 1. The number of halogens is 3. The second kappa shape index (κ2) is 10.6. The number of nitrogens with zero attached hydrogens (tertiary/aromatic N) is 5. The average Bonchev–Trinajstić information content (AvgIpc) is 3.15. The quantitative estimate of drug-likeness (QED) is 0.459. The predicted molar refractivity (Wildman–Crippen MR) is 143 cm³/mol. The number of hydrogen-bond acceptors (Lipinski definition) is 5. The molecule has 4 unspecified atom stereocenters. The Morgan fingerprint density at radius 2 is 2.03 bits per heavy atom. The third-order valence-corrected chi connectivity index (χ3v) is 8.14. The second-order valence-electron chi connectivity index (χ2n) is 9.75. The van der Waals surface area contributed by atoms with E-state index in [0.717, 1.165) is 53.2 Å². The Morgan fingerprint density at radius 3 is 2.74 bits per heavy atom. The van der Waals surface area contributed by atoms with E-state index in [9.17, 15) is 0 Å². The zero-order valence-corrected chi connectivity index (χ0v) is 22.3. The summed E-state index contributed by atoms with van der Waals surface area (Å²) in [6, 6.07) is 5.52. The van der Waals surface area contributed by atoms with Crippen LogP contribution in [0.4, 0.5) is 5.82 Å². The largest absolute Gasteiger partial charge is 0.355 e. The maximum absolute atomic E-state index is 6.50. The lowest BCUT2D eigenvalue weighted by atomic mass is 9.74. The van der Waals surface area contributed by atoms with Crippen molar-refractivity contribution in [2.45, 2.75) is 46.1 Å². The molecule has 4 heterocycles. The fourth-order valence-corrected chi connectivity index (χ4v) is 6.32. The normalized spacial score (nSPS) is 24.1. The van der Waals surface area contributed by atoms with Gasteiger partial charge in [0.05, 0.1) is 17.9 Å².